The fraction of sp³-hybridized carbons (Fsp3) is 0.429. The van der Waals surface area contributed by atoms with E-state index in [2.05, 4.69) is 13.8 Å². The Morgan fingerprint density at radius 3 is 2.65 bits per heavy atom. The van der Waals surface area contributed by atoms with Crippen molar-refractivity contribution in [3.63, 3.8) is 0 Å². The Bertz CT molecular complexity index is 809. The van der Waals surface area contributed by atoms with Crippen molar-refractivity contribution in [2.24, 2.45) is 5.92 Å². The Morgan fingerprint density at radius 2 is 2.00 bits per heavy atom. The van der Waals surface area contributed by atoms with E-state index in [1.807, 2.05) is 49.1 Å². The van der Waals surface area contributed by atoms with Crippen molar-refractivity contribution in [2.45, 2.75) is 33.7 Å². The first-order chi connectivity index (χ1) is 12.4. The molecule has 138 valence electrons. The van der Waals surface area contributed by atoms with Crippen LogP contribution in [0.5, 0.6) is 0 Å². The highest BCUT2D eigenvalue weighted by Crippen LogP contribution is 2.24. The molecule has 1 aromatic carbocycles. The van der Waals surface area contributed by atoms with Gasteiger partial charge in [-0.25, -0.2) is 0 Å². The molecule has 1 aliphatic heterocycles. The van der Waals surface area contributed by atoms with E-state index in [9.17, 15) is 9.59 Å². The van der Waals surface area contributed by atoms with Crippen molar-refractivity contribution in [2.75, 3.05) is 19.6 Å². The second-order valence-corrected chi connectivity index (χ2v) is 7.34. The van der Waals surface area contributed by atoms with Gasteiger partial charge in [-0.1, -0.05) is 26.0 Å². The van der Waals surface area contributed by atoms with Gasteiger partial charge in [-0.3, -0.25) is 9.59 Å². The van der Waals surface area contributed by atoms with Crippen LogP contribution in [-0.2, 0) is 4.79 Å². The summed E-state index contributed by atoms with van der Waals surface area (Å²) in [6.45, 7) is 9.77. The summed E-state index contributed by atoms with van der Waals surface area (Å²) in [6, 6.07) is 10.8. The largest absolute Gasteiger partial charge is 0.461 e. The van der Waals surface area contributed by atoms with Crippen LogP contribution < -0.4 is 0 Å². The molecule has 1 saturated heterocycles. The zero-order valence-electron chi connectivity index (χ0n) is 15.9. The molecule has 1 atom stereocenters. The number of amides is 2. The molecule has 1 fully saturated rings. The van der Waals surface area contributed by atoms with Crippen molar-refractivity contribution < 1.29 is 14.0 Å². The summed E-state index contributed by atoms with van der Waals surface area (Å²) in [5, 5.41) is 0. The van der Waals surface area contributed by atoms with Gasteiger partial charge in [-0.05, 0) is 44.0 Å². The minimum atomic E-state index is -0.440. The number of nitrogens with zero attached hydrogens (tertiary/aromatic N) is 2. The standard InChI is InChI=1S/C21H26N2O3/c1-14(2)13-22-10-11-23(16(4)20(22)24)21(25)18-7-5-6-17(12-18)19-9-8-15(3)26-19/h5-9,12,14,16H,10-11,13H2,1-4H3. The molecule has 0 spiro atoms. The van der Waals surface area contributed by atoms with Gasteiger partial charge >= 0.3 is 0 Å². The SMILES string of the molecule is Cc1ccc(-c2cccc(C(=O)N3CCN(CC(C)C)C(=O)C3C)c2)o1. The number of piperazine rings is 1. The van der Waals surface area contributed by atoms with E-state index in [-0.39, 0.29) is 11.8 Å². The van der Waals surface area contributed by atoms with Crippen LogP contribution in [0.15, 0.2) is 40.8 Å². The summed E-state index contributed by atoms with van der Waals surface area (Å²) < 4.78 is 5.65. The normalized spacial score (nSPS) is 17.9. The molecule has 1 unspecified atom stereocenters. The molecule has 1 aliphatic rings. The molecule has 5 nitrogen and oxygen atoms in total. The quantitative estimate of drug-likeness (QED) is 0.843. The van der Waals surface area contributed by atoms with Crippen LogP contribution >= 0.6 is 0 Å². The molecule has 0 saturated carbocycles. The van der Waals surface area contributed by atoms with Crippen LogP contribution in [0.2, 0.25) is 0 Å². The highest BCUT2D eigenvalue weighted by Gasteiger charge is 2.34. The zero-order chi connectivity index (χ0) is 18.8. The van der Waals surface area contributed by atoms with Gasteiger partial charge in [0, 0.05) is 30.8 Å². The number of carbonyl (C=O) groups excluding carboxylic acids is 2. The van der Waals surface area contributed by atoms with Crippen LogP contribution in [0.3, 0.4) is 0 Å². The topological polar surface area (TPSA) is 53.8 Å². The predicted octanol–water partition coefficient (Wildman–Crippen LogP) is 3.58. The number of hydrogen-bond acceptors (Lipinski definition) is 3. The van der Waals surface area contributed by atoms with Crippen LogP contribution in [0.1, 0.15) is 36.9 Å². The van der Waals surface area contributed by atoms with Gasteiger partial charge in [0.2, 0.25) is 5.91 Å². The third-order valence-electron chi connectivity index (χ3n) is 4.73. The Hall–Kier alpha value is -2.56. The lowest BCUT2D eigenvalue weighted by atomic mass is 10.1. The predicted molar refractivity (Wildman–Crippen MR) is 101 cm³/mol. The fourth-order valence-corrected chi connectivity index (χ4v) is 3.39. The van der Waals surface area contributed by atoms with E-state index in [1.165, 1.54) is 0 Å². The van der Waals surface area contributed by atoms with E-state index in [4.69, 9.17) is 4.42 Å². The number of carbonyl (C=O) groups is 2. The molecule has 0 bridgehead atoms. The van der Waals surface area contributed by atoms with Gasteiger partial charge in [0.25, 0.3) is 5.91 Å². The van der Waals surface area contributed by atoms with Crippen molar-refractivity contribution in [3.05, 3.63) is 47.7 Å². The number of benzene rings is 1. The first kappa shape index (κ1) is 18.2. The van der Waals surface area contributed by atoms with Gasteiger partial charge in [-0.2, -0.15) is 0 Å². The number of hydrogen-bond donors (Lipinski definition) is 0. The van der Waals surface area contributed by atoms with Gasteiger partial charge < -0.3 is 14.2 Å². The maximum absolute atomic E-state index is 13.0. The molecule has 26 heavy (non-hydrogen) atoms. The first-order valence-electron chi connectivity index (χ1n) is 9.13. The molecule has 2 heterocycles. The van der Waals surface area contributed by atoms with Crippen molar-refractivity contribution in [3.8, 4) is 11.3 Å². The van der Waals surface area contributed by atoms with Crippen LogP contribution in [0.4, 0.5) is 0 Å². The maximum Gasteiger partial charge on any atom is 0.254 e. The summed E-state index contributed by atoms with van der Waals surface area (Å²) in [4.78, 5) is 29.1. The molecular weight excluding hydrogens is 328 g/mol. The van der Waals surface area contributed by atoms with Crippen molar-refractivity contribution in [1.82, 2.24) is 9.80 Å². The van der Waals surface area contributed by atoms with E-state index in [0.29, 0.717) is 24.6 Å². The lowest BCUT2D eigenvalue weighted by molar-refractivity contribution is -0.140. The molecule has 0 N–H and O–H groups in total. The lowest BCUT2D eigenvalue weighted by Crippen LogP contribution is -2.58. The Morgan fingerprint density at radius 1 is 1.23 bits per heavy atom. The molecule has 3 rings (SSSR count). The number of aryl methyl sites for hydroxylation is 1. The molecule has 0 radical (unpaired) electrons. The van der Waals surface area contributed by atoms with E-state index in [1.54, 1.807) is 11.0 Å². The zero-order valence-corrected chi connectivity index (χ0v) is 15.9. The lowest BCUT2D eigenvalue weighted by Gasteiger charge is -2.39. The fourth-order valence-electron chi connectivity index (χ4n) is 3.39. The monoisotopic (exact) mass is 354 g/mol. The smallest absolute Gasteiger partial charge is 0.254 e. The molecule has 2 aromatic rings. The second-order valence-electron chi connectivity index (χ2n) is 7.34. The number of furan rings is 1. The minimum Gasteiger partial charge on any atom is -0.461 e. The van der Waals surface area contributed by atoms with Crippen molar-refractivity contribution in [1.29, 1.82) is 0 Å². The molecule has 2 amide bonds. The summed E-state index contributed by atoms with van der Waals surface area (Å²) in [5.74, 6) is 1.90. The van der Waals surface area contributed by atoms with Gasteiger partial charge in [0.1, 0.15) is 17.6 Å². The summed E-state index contributed by atoms with van der Waals surface area (Å²) >= 11 is 0. The van der Waals surface area contributed by atoms with Gasteiger partial charge in [0.15, 0.2) is 0 Å². The van der Waals surface area contributed by atoms with E-state index >= 15 is 0 Å². The minimum absolute atomic E-state index is 0.0242. The van der Waals surface area contributed by atoms with Gasteiger partial charge in [0.05, 0.1) is 0 Å². The first-order valence-corrected chi connectivity index (χ1v) is 9.13. The Balaban J connectivity index is 1.78. The third-order valence-corrected chi connectivity index (χ3v) is 4.73. The highest BCUT2D eigenvalue weighted by molar-refractivity contribution is 5.98. The third kappa shape index (κ3) is 3.66. The summed E-state index contributed by atoms with van der Waals surface area (Å²) in [7, 11) is 0. The average Bonchev–Trinajstić information content (AvgIpc) is 3.05. The highest BCUT2D eigenvalue weighted by atomic mass is 16.3. The second kappa shape index (κ2) is 7.36. The molecule has 0 aliphatic carbocycles. The summed E-state index contributed by atoms with van der Waals surface area (Å²) in [5.41, 5.74) is 1.44. The molecular formula is C21H26N2O3. The van der Waals surface area contributed by atoms with Crippen LogP contribution in [0, 0.1) is 12.8 Å². The Labute approximate surface area is 154 Å². The average molecular weight is 354 g/mol. The van der Waals surface area contributed by atoms with Crippen LogP contribution in [-0.4, -0.2) is 47.3 Å². The van der Waals surface area contributed by atoms with Gasteiger partial charge in [-0.15, -0.1) is 0 Å². The number of rotatable bonds is 4. The van der Waals surface area contributed by atoms with E-state index in [0.717, 1.165) is 23.6 Å². The van der Waals surface area contributed by atoms with E-state index < -0.39 is 6.04 Å². The van der Waals surface area contributed by atoms with Crippen LogP contribution in [0.25, 0.3) is 11.3 Å². The Kier molecular flexibility index (Phi) is 5.16. The van der Waals surface area contributed by atoms with Crippen molar-refractivity contribution >= 4 is 11.8 Å². The molecule has 1 aromatic heterocycles. The maximum atomic E-state index is 13.0. The summed E-state index contributed by atoms with van der Waals surface area (Å²) in [6.07, 6.45) is 0. The molecule has 5 heteroatoms.